The van der Waals surface area contributed by atoms with Crippen molar-refractivity contribution in [3.05, 3.63) is 51.1 Å². The van der Waals surface area contributed by atoms with E-state index in [1.54, 1.807) is 13.0 Å². The molecule has 0 aromatic carbocycles. The Morgan fingerprint density at radius 3 is 2.56 bits per heavy atom. The molecule has 0 aliphatic heterocycles. The Morgan fingerprint density at radius 2 is 1.94 bits per heavy atom. The fourth-order valence-electron chi connectivity index (χ4n) is 1.95. The summed E-state index contributed by atoms with van der Waals surface area (Å²) in [5.74, 6) is 0. The first-order valence-electron chi connectivity index (χ1n) is 5.61. The van der Waals surface area contributed by atoms with Crippen LogP contribution < -0.4 is 5.56 Å². The number of aromatic nitrogens is 2. The lowest BCUT2D eigenvalue weighted by atomic mass is 10.1. The SMILES string of the molecule is Cc1cc(C)nc(-c2cc(C#N)c(=O)[nH]c2C)c1. The fourth-order valence-corrected chi connectivity index (χ4v) is 1.95. The van der Waals surface area contributed by atoms with Gasteiger partial charge in [-0.05, 0) is 44.5 Å². The minimum atomic E-state index is -0.358. The number of aryl methyl sites for hydroxylation is 3. The number of pyridine rings is 2. The number of rotatable bonds is 1. The predicted molar refractivity (Wildman–Crippen MR) is 69.2 cm³/mol. The van der Waals surface area contributed by atoms with Gasteiger partial charge < -0.3 is 4.98 Å². The Balaban J connectivity index is 2.71. The zero-order valence-electron chi connectivity index (χ0n) is 10.5. The van der Waals surface area contributed by atoms with Crippen LogP contribution in [0.2, 0.25) is 0 Å². The lowest BCUT2D eigenvalue weighted by Crippen LogP contribution is -2.12. The van der Waals surface area contributed by atoms with Crippen LogP contribution in [0.15, 0.2) is 23.0 Å². The molecular formula is C14H13N3O. The third-order valence-electron chi connectivity index (χ3n) is 2.73. The van der Waals surface area contributed by atoms with Gasteiger partial charge in [-0.1, -0.05) is 0 Å². The van der Waals surface area contributed by atoms with Gasteiger partial charge in [0.05, 0.1) is 5.69 Å². The Hall–Kier alpha value is -2.41. The van der Waals surface area contributed by atoms with E-state index in [1.165, 1.54) is 0 Å². The van der Waals surface area contributed by atoms with Crippen LogP contribution in [0, 0.1) is 32.1 Å². The summed E-state index contributed by atoms with van der Waals surface area (Å²) in [6.07, 6.45) is 0. The van der Waals surface area contributed by atoms with E-state index in [-0.39, 0.29) is 11.1 Å². The molecule has 0 bridgehead atoms. The van der Waals surface area contributed by atoms with Gasteiger partial charge in [0.2, 0.25) is 0 Å². The molecule has 0 spiro atoms. The van der Waals surface area contributed by atoms with Gasteiger partial charge in [-0.3, -0.25) is 9.78 Å². The van der Waals surface area contributed by atoms with Gasteiger partial charge in [0, 0.05) is 17.0 Å². The molecule has 0 saturated carbocycles. The topological polar surface area (TPSA) is 69.5 Å². The van der Waals surface area contributed by atoms with Crippen LogP contribution in [0.4, 0.5) is 0 Å². The predicted octanol–water partition coefficient (Wildman–Crippen LogP) is 2.23. The Bertz CT molecular complexity index is 688. The number of aromatic amines is 1. The number of nitriles is 1. The maximum atomic E-state index is 11.5. The Kier molecular flexibility index (Phi) is 2.99. The van der Waals surface area contributed by atoms with Crippen LogP contribution in [0.3, 0.4) is 0 Å². The molecule has 0 aliphatic rings. The molecule has 0 radical (unpaired) electrons. The number of nitrogens with zero attached hydrogens (tertiary/aromatic N) is 2. The lowest BCUT2D eigenvalue weighted by Gasteiger charge is -2.07. The average Bonchev–Trinajstić information content (AvgIpc) is 2.27. The first-order chi connectivity index (χ1) is 8.51. The van der Waals surface area contributed by atoms with Crippen LogP contribution >= 0.6 is 0 Å². The van der Waals surface area contributed by atoms with Crippen molar-refractivity contribution >= 4 is 0 Å². The van der Waals surface area contributed by atoms with Crippen molar-refractivity contribution in [1.29, 1.82) is 5.26 Å². The third kappa shape index (κ3) is 2.16. The van der Waals surface area contributed by atoms with E-state index in [2.05, 4.69) is 9.97 Å². The summed E-state index contributed by atoms with van der Waals surface area (Å²) in [4.78, 5) is 18.6. The molecule has 2 rings (SSSR count). The first kappa shape index (κ1) is 12.1. The molecule has 0 amide bonds. The second kappa shape index (κ2) is 4.46. The van der Waals surface area contributed by atoms with E-state index in [4.69, 9.17) is 5.26 Å². The van der Waals surface area contributed by atoms with Gasteiger partial charge in [0.1, 0.15) is 11.6 Å². The molecule has 2 aromatic rings. The van der Waals surface area contributed by atoms with Gasteiger partial charge in [0.15, 0.2) is 0 Å². The molecule has 0 fully saturated rings. The van der Waals surface area contributed by atoms with Crippen LogP contribution in [0.25, 0.3) is 11.3 Å². The molecule has 0 atom stereocenters. The van der Waals surface area contributed by atoms with Crippen molar-refractivity contribution in [2.45, 2.75) is 20.8 Å². The van der Waals surface area contributed by atoms with Crippen molar-refractivity contribution in [1.82, 2.24) is 9.97 Å². The minimum absolute atomic E-state index is 0.108. The second-order valence-electron chi connectivity index (χ2n) is 4.33. The highest BCUT2D eigenvalue weighted by Crippen LogP contribution is 2.21. The maximum absolute atomic E-state index is 11.5. The molecule has 4 heteroatoms. The summed E-state index contributed by atoms with van der Waals surface area (Å²) in [6.45, 7) is 5.71. The molecular weight excluding hydrogens is 226 g/mol. The summed E-state index contributed by atoms with van der Waals surface area (Å²) >= 11 is 0. The van der Waals surface area contributed by atoms with Crippen molar-refractivity contribution in [2.75, 3.05) is 0 Å². The first-order valence-corrected chi connectivity index (χ1v) is 5.61. The molecule has 0 saturated heterocycles. The van der Waals surface area contributed by atoms with E-state index in [0.29, 0.717) is 0 Å². The van der Waals surface area contributed by atoms with Crippen LogP contribution in [0.1, 0.15) is 22.5 Å². The van der Waals surface area contributed by atoms with Crippen molar-refractivity contribution in [3.63, 3.8) is 0 Å². The van der Waals surface area contributed by atoms with E-state index in [0.717, 1.165) is 28.2 Å². The van der Waals surface area contributed by atoms with Gasteiger partial charge in [-0.15, -0.1) is 0 Å². The molecule has 4 nitrogen and oxygen atoms in total. The van der Waals surface area contributed by atoms with Crippen molar-refractivity contribution in [3.8, 4) is 17.3 Å². The van der Waals surface area contributed by atoms with E-state index in [1.807, 2.05) is 32.0 Å². The maximum Gasteiger partial charge on any atom is 0.266 e. The van der Waals surface area contributed by atoms with Crippen LogP contribution in [0.5, 0.6) is 0 Å². The van der Waals surface area contributed by atoms with Gasteiger partial charge >= 0.3 is 0 Å². The molecule has 2 aromatic heterocycles. The van der Waals surface area contributed by atoms with Crippen LogP contribution in [-0.4, -0.2) is 9.97 Å². The Morgan fingerprint density at radius 1 is 1.22 bits per heavy atom. The summed E-state index contributed by atoms with van der Waals surface area (Å²) in [5.41, 5.74) is 4.04. The second-order valence-corrected chi connectivity index (χ2v) is 4.33. The standard InChI is InChI=1S/C14H13N3O/c1-8-4-9(2)16-13(5-8)12-6-11(7-15)14(18)17-10(12)3/h4-6H,1-3H3,(H,17,18). The molecule has 2 heterocycles. The van der Waals surface area contributed by atoms with Gasteiger partial charge in [-0.25, -0.2) is 0 Å². The van der Waals surface area contributed by atoms with E-state index in [9.17, 15) is 4.79 Å². The summed E-state index contributed by atoms with van der Waals surface area (Å²) < 4.78 is 0. The van der Waals surface area contributed by atoms with E-state index >= 15 is 0 Å². The highest BCUT2D eigenvalue weighted by Gasteiger charge is 2.09. The molecule has 0 aliphatic carbocycles. The van der Waals surface area contributed by atoms with Crippen LogP contribution in [-0.2, 0) is 0 Å². The smallest absolute Gasteiger partial charge is 0.266 e. The molecule has 90 valence electrons. The number of hydrogen-bond donors (Lipinski definition) is 1. The Labute approximate surface area is 105 Å². The van der Waals surface area contributed by atoms with Gasteiger partial charge in [0.25, 0.3) is 5.56 Å². The zero-order valence-corrected chi connectivity index (χ0v) is 10.5. The fraction of sp³-hybridized carbons (Fsp3) is 0.214. The van der Waals surface area contributed by atoms with Crippen molar-refractivity contribution in [2.24, 2.45) is 0 Å². The molecule has 18 heavy (non-hydrogen) atoms. The summed E-state index contributed by atoms with van der Waals surface area (Å²) in [6, 6.07) is 7.40. The highest BCUT2D eigenvalue weighted by molar-refractivity contribution is 5.64. The summed E-state index contributed by atoms with van der Waals surface area (Å²) in [5, 5.41) is 8.90. The summed E-state index contributed by atoms with van der Waals surface area (Å²) in [7, 11) is 0. The highest BCUT2D eigenvalue weighted by atomic mass is 16.1. The number of nitrogens with one attached hydrogen (secondary N) is 1. The number of hydrogen-bond acceptors (Lipinski definition) is 3. The quantitative estimate of drug-likeness (QED) is 0.829. The number of H-pyrrole nitrogens is 1. The third-order valence-corrected chi connectivity index (χ3v) is 2.73. The minimum Gasteiger partial charge on any atom is -0.325 e. The lowest BCUT2D eigenvalue weighted by molar-refractivity contribution is 1.11. The molecule has 0 unspecified atom stereocenters. The average molecular weight is 239 g/mol. The monoisotopic (exact) mass is 239 g/mol. The van der Waals surface area contributed by atoms with Gasteiger partial charge in [-0.2, -0.15) is 5.26 Å². The molecule has 1 N–H and O–H groups in total. The van der Waals surface area contributed by atoms with Crippen molar-refractivity contribution < 1.29 is 0 Å². The zero-order chi connectivity index (χ0) is 13.3. The van der Waals surface area contributed by atoms with E-state index < -0.39 is 0 Å². The largest absolute Gasteiger partial charge is 0.325 e. The normalized spacial score (nSPS) is 10.1.